The minimum Gasteiger partial charge on any atom is -0.340 e. The number of hydrogen-bond acceptors (Lipinski definition) is 3. The molecule has 1 N–H and O–H groups in total. The van der Waals surface area contributed by atoms with Crippen molar-refractivity contribution in [1.29, 1.82) is 0 Å². The molecular weight excluding hydrogens is 242 g/mol. The van der Waals surface area contributed by atoms with E-state index in [9.17, 15) is 9.59 Å². The van der Waals surface area contributed by atoms with Gasteiger partial charge in [-0.05, 0) is 32.2 Å². The highest BCUT2D eigenvalue weighted by atomic mass is 16.2. The summed E-state index contributed by atoms with van der Waals surface area (Å²) in [5, 5.41) is 3.43. The SMILES string of the molecule is CCCN(CC1CCCN1)C(=O)CN1CCCC1=O. The van der Waals surface area contributed by atoms with Gasteiger partial charge in [-0.1, -0.05) is 6.92 Å². The number of hydrogen-bond donors (Lipinski definition) is 1. The maximum absolute atomic E-state index is 12.3. The van der Waals surface area contributed by atoms with Gasteiger partial charge in [-0.25, -0.2) is 0 Å². The molecule has 2 aliphatic rings. The van der Waals surface area contributed by atoms with Crippen molar-refractivity contribution < 1.29 is 9.59 Å². The van der Waals surface area contributed by atoms with Crippen LogP contribution < -0.4 is 5.32 Å². The van der Waals surface area contributed by atoms with Crippen LogP contribution in [0.5, 0.6) is 0 Å². The van der Waals surface area contributed by atoms with Crippen LogP contribution in [-0.4, -0.2) is 60.4 Å². The Morgan fingerprint density at radius 1 is 1.47 bits per heavy atom. The molecule has 0 bridgehead atoms. The number of nitrogens with zero attached hydrogens (tertiary/aromatic N) is 2. The normalized spacial score (nSPS) is 23.1. The average Bonchev–Trinajstić information content (AvgIpc) is 3.02. The minimum atomic E-state index is 0.103. The van der Waals surface area contributed by atoms with Crippen LogP contribution in [0.3, 0.4) is 0 Å². The van der Waals surface area contributed by atoms with E-state index in [1.165, 1.54) is 6.42 Å². The first kappa shape index (κ1) is 14.3. The minimum absolute atomic E-state index is 0.103. The first-order valence-electron chi connectivity index (χ1n) is 7.49. The Morgan fingerprint density at radius 3 is 2.89 bits per heavy atom. The highest BCUT2D eigenvalue weighted by Gasteiger charge is 2.26. The molecule has 2 fully saturated rings. The topological polar surface area (TPSA) is 52.7 Å². The summed E-state index contributed by atoms with van der Waals surface area (Å²) in [4.78, 5) is 27.5. The largest absolute Gasteiger partial charge is 0.340 e. The lowest BCUT2D eigenvalue weighted by Gasteiger charge is -2.27. The van der Waals surface area contributed by atoms with Gasteiger partial charge in [0.2, 0.25) is 11.8 Å². The fraction of sp³-hybridized carbons (Fsp3) is 0.857. The summed E-state index contributed by atoms with van der Waals surface area (Å²) in [6.07, 6.45) is 4.81. The zero-order valence-electron chi connectivity index (χ0n) is 11.9. The van der Waals surface area contributed by atoms with Crippen LogP contribution in [0.1, 0.15) is 39.0 Å². The van der Waals surface area contributed by atoms with Crippen LogP contribution in [0.15, 0.2) is 0 Å². The quantitative estimate of drug-likeness (QED) is 0.767. The lowest BCUT2D eigenvalue weighted by atomic mass is 10.2. The van der Waals surface area contributed by atoms with E-state index in [1.54, 1.807) is 4.90 Å². The van der Waals surface area contributed by atoms with E-state index in [0.717, 1.165) is 45.4 Å². The number of likely N-dealkylation sites (tertiary alicyclic amines) is 1. The van der Waals surface area contributed by atoms with Gasteiger partial charge in [0.15, 0.2) is 0 Å². The van der Waals surface area contributed by atoms with E-state index < -0.39 is 0 Å². The number of carbonyl (C=O) groups excluding carboxylic acids is 2. The Morgan fingerprint density at radius 2 is 2.32 bits per heavy atom. The van der Waals surface area contributed by atoms with Gasteiger partial charge < -0.3 is 15.1 Å². The van der Waals surface area contributed by atoms with Crippen molar-refractivity contribution in [3.05, 3.63) is 0 Å². The summed E-state index contributed by atoms with van der Waals surface area (Å²) >= 11 is 0. The second-order valence-electron chi connectivity index (χ2n) is 5.55. The van der Waals surface area contributed by atoms with Gasteiger partial charge in [-0.3, -0.25) is 9.59 Å². The molecule has 1 atom stereocenters. The summed E-state index contributed by atoms with van der Waals surface area (Å²) in [5.41, 5.74) is 0. The van der Waals surface area contributed by atoms with Crippen LogP contribution in [0.25, 0.3) is 0 Å². The lowest BCUT2D eigenvalue weighted by molar-refractivity contribution is -0.138. The molecule has 0 aromatic rings. The Hall–Kier alpha value is -1.10. The predicted octanol–water partition coefficient (Wildman–Crippen LogP) is 0.599. The molecule has 2 heterocycles. The van der Waals surface area contributed by atoms with Crippen molar-refractivity contribution in [1.82, 2.24) is 15.1 Å². The Bertz CT molecular complexity index is 327. The van der Waals surface area contributed by atoms with E-state index in [1.807, 2.05) is 4.90 Å². The summed E-state index contributed by atoms with van der Waals surface area (Å²) in [7, 11) is 0. The van der Waals surface area contributed by atoms with Crippen LogP contribution in [-0.2, 0) is 9.59 Å². The molecule has 2 rings (SSSR count). The summed E-state index contributed by atoms with van der Waals surface area (Å²) in [5.74, 6) is 0.231. The van der Waals surface area contributed by atoms with Gasteiger partial charge in [0.1, 0.15) is 0 Å². The van der Waals surface area contributed by atoms with Crippen molar-refractivity contribution in [2.45, 2.75) is 45.1 Å². The van der Waals surface area contributed by atoms with E-state index in [0.29, 0.717) is 12.5 Å². The predicted molar refractivity (Wildman–Crippen MR) is 73.7 cm³/mol. The van der Waals surface area contributed by atoms with Crippen molar-refractivity contribution in [2.24, 2.45) is 0 Å². The molecule has 2 amide bonds. The van der Waals surface area contributed by atoms with E-state index >= 15 is 0 Å². The highest BCUT2D eigenvalue weighted by Crippen LogP contribution is 2.11. The molecule has 0 spiro atoms. The maximum Gasteiger partial charge on any atom is 0.242 e. The third kappa shape index (κ3) is 3.93. The fourth-order valence-electron chi connectivity index (χ4n) is 2.90. The van der Waals surface area contributed by atoms with Crippen molar-refractivity contribution in [3.63, 3.8) is 0 Å². The second-order valence-corrected chi connectivity index (χ2v) is 5.55. The number of rotatable bonds is 6. The van der Waals surface area contributed by atoms with Crippen molar-refractivity contribution in [2.75, 3.05) is 32.7 Å². The molecule has 2 aliphatic heterocycles. The van der Waals surface area contributed by atoms with E-state index in [4.69, 9.17) is 0 Å². The zero-order chi connectivity index (χ0) is 13.7. The van der Waals surface area contributed by atoms with Crippen LogP contribution in [0.4, 0.5) is 0 Å². The molecule has 0 aromatic carbocycles. The third-order valence-corrected chi connectivity index (χ3v) is 3.95. The Labute approximate surface area is 115 Å². The summed E-state index contributed by atoms with van der Waals surface area (Å²) in [6, 6.07) is 0.435. The molecule has 0 aliphatic carbocycles. The maximum atomic E-state index is 12.3. The van der Waals surface area contributed by atoms with Crippen LogP contribution in [0.2, 0.25) is 0 Å². The monoisotopic (exact) mass is 267 g/mol. The zero-order valence-corrected chi connectivity index (χ0v) is 11.9. The summed E-state index contributed by atoms with van der Waals surface area (Å²) in [6.45, 7) is 5.73. The van der Waals surface area contributed by atoms with Crippen molar-refractivity contribution >= 4 is 11.8 Å². The second kappa shape index (κ2) is 6.89. The molecule has 2 saturated heterocycles. The van der Waals surface area contributed by atoms with Gasteiger partial charge >= 0.3 is 0 Å². The average molecular weight is 267 g/mol. The number of nitrogens with one attached hydrogen (secondary N) is 1. The molecule has 5 heteroatoms. The molecular formula is C14H25N3O2. The number of amides is 2. The van der Waals surface area contributed by atoms with Crippen LogP contribution in [0, 0.1) is 0 Å². The fourth-order valence-corrected chi connectivity index (χ4v) is 2.90. The molecule has 5 nitrogen and oxygen atoms in total. The lowest BCUT2D eigenvalue weighted by Crippen LogP contribution is -2.46. The van der Waals surface area contributed by atoms with Gasteiger partial charge in [0, 0.05) is 32.1 Å². The van der Waals surface area contributed by atoms with Gasteiger partial charge in [0.05, 0.1) is 6.54 Å². The molecule has 19 heavy (non-hydrogen) atoms. The van der Waals surface area contributed by atoms with Crippen LogP contribution >= 0.6 is 0 Å². The summed E-state index contributed by atoms with van der Waals surface area (Å²) < 4.78 is 0. The molecule has 0 saturated carbocycles. The van der Waals surface area contributed by atoms with Gasteiger partial charge in [-0.2, -0.15) is 0 Å². The first-order valence-corrected chi connectivity index (χ1v) is 7.49. The standard InChI is InChI=1S/C14H25N3O2/c1-2-8-16(10-12-5-3-7-15-12)14(19)11-17-9-4-6-13(17)18/h12,15H,2-11H2,1H3. The Balaban J connectivity index is 1.85. The van der Waals surface area contributed by atoms with Gasteiger partial charge in [0.25, 0.3) is 0 Å². The van der Waals surface area contributed by atoms with Crippen molar-refractivity contribution in [3.8, 4) is 0 Å². The van der Waals surface area contributed by atoms with Gasteiger partial charge in [-0.15, -0.1) is 0 Å². The van der Waals surface area contributed by atoms with E-state index in [-0.39, 0.29) is 18.4 Å². The molecule has 1 unspecified atom stereocenters. The first-order chi connectivity index (χ1) is 9.20. The smallest absolute Gasteiger partial charge is 0.242 e. The van der Waals surface area contributed by atoms with E-state index in [2.05, 4.69) is 12.2 Å². The third-order valence-electron chi connectivity index (χ3n) is 3.95. The molecule has 0 aromatic heterocycles. The number of carbonyl (C=O) groups is 2. The molecule has 0 radical (unpaired) electrons. The Kier molecular flexibility index (Phi) is 5.19. The molecule has 108 valence electrons. The highest BCUT2D eigenvalue weighted by molar-refractivity contribution is 5.85.